The van der Waals surface area contributed by atoms with E-state index in [2.05, 4.69) is 10.1 Å². The number of nitrogen functional groups attached to an aromatic ring is 1. The number of hydrogen-bond acceptors (Lipinski definition) is 4. The number of nitrogens with zero attached hydrogens (tertiary/aromatic N) is 1. The van der Waals surface area contributed by atoms with Gasteiger partial charge < -0.3 is 15.2 Å². The second-order valence-corrected chi connectivity index (χ2v) is 5.05. The first-order chi connectivity index (χ1) is 10.1. The van der Waals surface area contributed by atoms with Crippen LogP contribution in [-0.2, 0) is 0 Å². The van der Waals surface area contributed by atoms with Gasteiger partial charge in [0.2, 0.25) is 0 Å². The van der Waals surface area contributed by atoms with Gasteiger partial charge in [-0.15, -0.1) is 0 Å². The summed E-state index contributed by atoms with van der Waals surface area (Å²) in [6.07, 6.45) is 1.58. The molecule has 3 N–H and O–H groups in total. The molecule has 0 atom stereocenters. The first kappa shape index (κ1) is 13.5. The van der Waals surface area contributed by atoms with E-state index in [0.717, 1.165) is 5.69 Å². The van der Waals surface area contributed by atoms with Crippen molar-refractivity contribution < 1.29 is 4.52 Å². The molecule has 0 aliphatic heterocycles. The van der Waals surface area contributed by atoms with Crippen molar-refractivity contribution in [2.75, 3.05) is 5.73 Å². The van der Waals surface area contributed by atoms with Gasteiger partial charge in [0.05, 0.1) is 11.1 Å². The highest BCUT2D eigenvalue weighted by atomic mass is 35.5. The van der Waals surface area contributed by atoms with Crippen LogP contribution in [0.25, 0.3) is 22.5 Å². The first-order valence-electron chi connectivity index (χ1n) is 6.27. The maximum Gasteiger partial charge on any atom is 0.192 e. The van der Waals surface area contributed by atoms with Gasteiger partial charge in [-0.3, -0.25) is 4.79 Å². The van der Waals surface area contributed by atoms with E-state index in [0.29, 0.717) is 27.5 Å². The molecule has 0 fully saturated rings. The van der Waals surface area contributed by atoms with Crippen LogP contribution in [0.3, 0.4) is 0 Å². The van der Waals surface area contributed by atoms with Crippen molar-refractivity contribution in [2.45, 2.75) is 6.92 Å². The summed E-state index contributed by atoms with van der Waals surface area (Å²) in [5.41, 5.74) is 8.03. The van der Waals surface area contributed by atoms with Crippen LogP contribution in [0.4, 0.5) is 5.82 Å². The van der Waals surface area contributed by atoms with Crippen molar-refractivity contribution in [3.8, 4) is 22.5 Å². The zero-order chi connectivity index (χ0) is 15.0. The molecule has 0 aliphatic carbocycles. The summed E-state index contributed by atoms with van der Waals surface area (Å²) in [7, 11) is 0. The Morgan fingerprint density at radius 1 is 1.29 bits per heavy atom. The van der Waals surface area contributed by atoms with E-state index in [1.54, 1.807) is 25.3 Å². The maximum absolute atomic E-state index is 12.1. The summed E-state index contributed by atoms with van der Waals surface area (Å²) >= 11 is 6.20. The van der Waals surface area contributed by atoms with Gasteiger partial charge in [0.25, 0.3) is 0 Å². The Kier molecular flexibility index (Phi) is 3.27. The zero-order valence-corrected chi connectivity index (χ0v) is 11.9. The van der Waals surface area contributed by atoms with Gasteiger partial charge >= 0.3 is 0 Å². The largest absolute Gasteiger partial charge is 0.380 e. The zero-order valence-electron chi connectivity index (χ0n) is 11.2. The number of benzene rings is 1. The number of aromatic amines is 1. The van der Waals surface area contributed by atoms with Crippen molar-refractivity contribution >= 4 is 17.4 Å². The predicted octanol–water partition coefficient (Wildman–Crippen LogP) is 3.24. The maximum atomic E-state index is 12.1. The minimum absolute atomic E-state index is 0.171. The minimum Gasteiger partial charge on any atom is -0.380 e. The van der Waals surface area contributed by atoms with Crippen LogP contribution in [0.2, 0.25) is 5.02 Å². The SMILES string of the molecule is Cc1cc(=O)c(-c2onc(N)c2-c2ccccc2Cl)c[nH]1. The molecule has 2 aromatic heterocycles. The Morgan fingerprint density at radius 2 is 2.05 bits per heavy atom. The van der Waals surface area contributed by atoms with E-state index in [1.807, 2.05) is 12.1 Å². The van der Waals surface area contributed by atoms with Gasteiger partial charge in [0.15, 0.2) is 17.0 Å². The molecule has 6 heteroatoms. The number of halogens is 1. The van der Waals surface area contributed by atoms with Crippen LogP contribution < -0.4 is 11.2 Å². The summed E-state index contributed by atoms with van der Waals surface area (Å²) in [5.74, 6) is 0.500. The van der Waals surface area contributed by atoms with E-state index in [4.69, 9.17) is 21.9 Å². The van der Waals surface area contributed by atoms with Crippen molar-refractivity contribution in [3.63, 3.8) is 0 Å². The molecule has 0 bridgehead atoms. The van der Waals surface area contributed by atoms with Crippen LogP contribution in [-0.4, -0.2) is 10.1 Å². The molecular weight excluding hydrogens is 290 g/mol. The fourth-order valence-electron chi connectivity index (χ4n) is 2.16. The van der Waals surface area contributed by atoms with E-state index < -0.39 is 0 Å². The highest BCUT2D eigenvalue weighted by Crippen LogP contribution is 2.38. The lowest BCUT2D eigenvalue weighted by Crippen LogP contribution is -2.05. The van der Waals surface area contributed by atoms with E-state index in [-0.39, 0.29) is 11.2 Å². The van der Waals surface area contributed by atoms with Gasteiger partial charge in [0.1, 0.15) is 0 Å². The standard InChI is InChI=1S/C15H12ClN3O2/c1-8-6-12(20)10(7-18-8)14-13(15(17)19-21-14)9-4-2-3-5-11(9)16/h2-7H,1H3,(H2,17,19)(H,18,20). The minimum atomic E-state index is -0.171. The molecule has 0 aliphatic rings. The number of rotatable bonds is 2. The Balaban J connectivity index is 2.27. The molecule has 3 rings (SSSR count). The Morgan fingerprint density at radius 3 is 2.76 bits per heavy atom. The average molecular weight is 302 g/mol. The topological polar surface area (TPSA) is 84.9 Å². The summed E-state index contributed by atoms with van der Waals surface area (Å²) in [4.78, 5) is 15.1. The second-order valence-electron chi connectivity index (χ2n) is 4.65. The van der Waals surface area contributed by atoms with Crippen LogP contribution in [0.1, 0.15) is 5.69 Å². The lowest BCUT2D eigenvalue weighted by molar-refractivity contribution is 0.435. The van der Waals surface area contributed by atoms with Crippen LogP contribution >= 0.6 is 11.6 Å². The summed E-state index contributed by atoms with van der Waals surface area (Å²) < 4.78 is 5.26. The highest BCUT2D eigenvalue weighted by Gasteiger charge is 2.21. The van der Waals surface area contributed by atoms with Gasteiger partial charge in [-0.05, 0) is 13.0 Å². The number of H-pyrrole nitrogens is 1. The summed E-state index contributed by atoms with van der Waals surface area (Å²) in [5, 5.41) is 4.28. The fourth-order valence-corrected chi connectivity index (χ4v) is 2.39. The van der Waals surface area contributed by atoms with Crippen molar-refractivity contribution in [3.05, 3.63) is 57.5 Å². The molecule has 21 heavy (non-hydrogen) atoms. The number of nitrogens with one attached hydrogen (secondary N) is 1. The van der Waals surface area contributed by atoms with Gasteiger partial charge in [-0.25, -0.2) is 0 Å². The van der Waals surface area contributed by atoms with Crippen molar-refractivity contribution in [2.24, 2.45) is 0 Å². The average Bonchev–Trinajstić information content (AvgIpc) is 2.81. The van der Waals surface area contributed by atoms with E-state index in [9.17, 15) is 4.79 Å². The quantitative estimate of drug-likeness (QED) is 0.761. The second kappa shape index (κ2) is 5.10. The summed E-state index contributed by atoms with van der Waals surface area (Å²) in [6.45, 7) is 1.80. The predicted molar refractivity (Wildman–Crippen MR) is 82.2 cm³/mol. The number of pyridine rings is 1. The normalized spacial score (nSPS) is 10.8. The molecule has 5 nitrogen and oxygen atoms in total. The molecule has 3 aromatic rings. The smallest absolute Gasteiger partial charge is 0.192 e. The number of nitrogens with two attached hydrogens (primary N) is 1. The van der Waals surface area contributed by atoms with Crippen molar-refractivity contribution in [1.29, 1.82) is 0 Å². The Bertz CT molecular complexity index is 867. The monoisotopic (exact) mass is 301 g/mol. The highest BCUT2D eigenvalue weighted by molar-refractivity contribution is 6.33. The lowest BCUT2D eigenvalue weighted by atomic mass is 10.0. The third-order valence-corrected chi connectivity index (χ3v) is 3.49. The molecule has 2 heterocycles. The Hall–Kier alpha value is -2.53. The van der Waals surface area contributed by atoms with Crippen molar-refractivity contribution in [1.82, 2.24) is 10.1 Å². The number of anilines is 1. The third kappa shape index (κ3) is 2.32. The number of aryl methyl sites for hydroxylation is 1. The number of aromatic nitrogens is 2. The third-order valence-electron chi connectivity index (χ3n) is 3.16. The van der Waals surface area contributed by atoms with E-state index >= 15 is 0 Å². The molecule has 1 aromatic carbocycles. The fraction of sp³-hybridized carbons (Fsp3) is 0.0667. The van der Waals surface area contributed by atoms with Gasteiger partial charge in [-0.1, -0.05) is 35.0 Å². The molecule has 0 saturated heterocycles. The molecule has 0 spiro atoms. The molecular formula is C15H12ClN3O2. The molecule has 0 amide bonds. The molecule has 0 saturated carbocycles. The van der Waals surface area contributed by atoms with Crippen LogP contribution in [0.5, 0.6) is 0 Å². The van der Waals surface area contributed by atoms with Gasteiger partial charge in [0, 0.05) is 28.5 Å². The van der Waals surface area contributed by atoms with E-state index in [1.165, 1.54) is 6.07 Å². The lowest BCUT2D eigenvalue weighted by Gasteiger charge is -2.04. The first-order valence-corrected chi connectivity index (χ1v) is 6.65. The molecule has 0 unspecified atom stereocenters. The van der Waals surface area contributed by atoms with Crippen LogP contribution in [0.15, 0.2) is 45.8 Å². The number of hydrogen-bond donors (Lipinski definition) is 2. The summed E-state index contributed by atoms with van der Waals surface area (Å²) in [6, 6.07) is 8.68. The Labute approximate surface area is 125 Å². The molecule has 106 valence electrons. The van der Waals surface area contributed by atoms with Gasteiger partial charge in [-0.2, -0.15) is 0 Å². The van der Waals surface area contributed by atoms with Crippen LogP contribution in [0, 0.1) is 6.92 Å². The molecule has 0 radical (unpaired) electrons.